The summed E-state index contributed by atoms with van der Waals surface area (Å²) in [7, 11) is 0. The Morgan fingerprint density at radius 2 is 1.77 bits per heavy atom. The van der Waals surface area contributed by atoms with Gasteiger partial charge in [0.25, 0.3) is 5.91 Å². The number of fused-ring (bicyclic) bond motifs is 2. The zero-order valence-corrected chi connectivity index (χ0v) is 18.3. The zero-order chi connectivity index (χ0) is 21.5. The number of pyridine rings is 1. The molecular weight excluding hydrogens is 411 g/mol. The predicted molar refractivity (Wildman–Crippen MR) is 122 cm³/mol. The van der Waals surface area contributed by atoms with Crippen molar-refractivity contribution in [1.29, 1.82) is 0 Å². The quantitative estimate of drug-likeness (QED) is 0.516. The first-order valence-electron chi connectivity index (χ1n) is 11.1. The summed E-state index contributed by atoms with van der Waals surface area (Å²) in [5, 5.41) is 4.77. The number of carbonyl (C=O) groups is 1. The Balaban J connectivity index is 1.23. The summed E-state index contributed by atoms with van der Waals surface area (Å²) in [6.45, 7) is 2.12. The molecule has 31 heavy (non-hydrogen) atoms. The second-order valence-electron chi connectivity index (χ2n) is 9.25. The number of nitrogens with zero attached hydrogens (tertiary/aromatic N) is 1. The van der Waals surface area contributed by atoms with Gasteiger partial charge in [-0.05, 0) is 110 Å². The molecule has 5 rings (SSSR count). The van der Waals surface area contributed by atoms with Crippen molar-refractivity contribution in [1.82, 2.24) is 10.3 Å². The highest BCUT2D eigenvalue weighted by Gasteiger charge is 2.43. The minimum absolute atomic E-state index is 0.0376. The standard InChI is InChI=1S/C26H26ClFN2O/c1-15(30-26(31)16-2-4-21(27)5-3-16)17-10-18-12-20(13-19(18)11-17)23-8-9-29-25-7-6-22(28)14-24(23)25/h2-9,14-15,17-20H,10-13H2,1H3,(H,30,31)/t15?,17?,18-,19+,20?. The highest BCUT2D eigenvalue weighted by molar-refractivity contribution is 6.30. The fourth-order valence-corrected chi connectivity index (χ4v) is 5.96. The molecule has 0 radical (unpaired) electrons. The van der Waals surface area contributed by atoms with E-state index in [1.807, 2.05) is 6.20 Å². The maximum Gasteiger partial charge on any atom is 0.251 e. The van der Waals surface area contributed by atoms with Crippen LogP contribution in [0.1, 0.15) is 54.4 Å². The third-order valence-electron chi connectivity index (χ3n) is 7.40. The van der Waals surface area contributed by atoms with Gasteiger partial charge in [0.2, 0.25) is 0 Å². The molecule has 2 aliphatic rings. The topological polar surface area (TPSA) is 42.0 Å². The third kappa shape index (κ3) is 4.06. The van der Waals surface area contributed by atoms with Crippen LogP contribution in [-0.4, -0.2) is 16.9 Å². The van der Waals surface area contributed by atoms with Crippen molar-refractivity contribution in [3.8, 4) is 0 Å². The first-order chi connectivity index (χ1) is 15.0. The van der Waals surface area contributed by atoms with E-state index < -0.39 is 0 Å². The van der Waals surface area contributed by atoms with Crippen LogP contribution in [0.3, 0.4) is 0 Å². The third-order valence-corrected chi connectivity index (χ3v) is 7.65. The van der Waals surface area contributed by atoms with E-state index in [9.17, 15) is 9.18 Å². The molecule has 2 aromatic carbocycles. The summed E-state index contributed by atoms with van der Waals surface area (Å²) in [5.74, 6) is 2.05. The van der Waals surface area contributed by atoms with Gasteiger partial charge >= 0.3 is 0 Å². The second kappa shape index (κ2) is 8.23. The molecule has 160 valence electrons. The number of hydrogen-bond donors (Lipinski definition) is 1. The van der Waals surface area contributed by atoms with E-state index in [2.05, 4.69) is 23.3 Å². The van der Waals surface area contributed by atoms with Gasteiger partial charge in [0, 0.05) is 28.2 Å². The molecule has 1 amide bonds. The lowest BCUT2D eigenvalue weighted by molar-refractivity contribution is 0.0925. The van der Waals surface area contributed by atoms with E-state index in [1.54, 1.807) is 36.4 Å². The van der Waals surface area contributed by atoms with Gasteiger partial charge in [-0.3, -0.25) is 9.78 Å². The molecule has 3 nitrogen and oxygen atoms in total. The molecular formula is C26H26ClFN2O. The van der Waals surface area contributed by atoms with E-state index in [0.29, 0.717) is 34.3 Å². The van der Waals surface area contributed by atoms with E-state index in [4.69, 9.17) is 11.6 Å². The zero-order valence-electron chi connectivity index (χ0n) is 17.5. The summed E-state index contributed by atoms with van der Waals surface area (Å²) in [4.78, 5) is 17.0. The lowest BCUT2D eigenvalue weighted by Gasteiger charge is -2.23. The van der Waals surface area contributed by atoms with Crippen LogP contribution in [0.15, 0.2) is 54.7 Å². The van der Waals surface area contributed by atoms with E-state index in [-0.39, 0.29) is 17.8 Å². The maximum atomic E-state index is 13.9. The van der Waals surface area contributed by atoms with Gasteiger partial charge in [0.15, 0.2) is 0 Å². The first-order valence-corrected chi connectivity index (χ1v) is 11.5. The number of aromatic nitrogens is 1. The van der Waals surface area contributed by atoms with E-state index in [1.165, 1.54) is 11.6 Å². The molecule has 0 saturated heterocycles. The highest BCUT2D eigenvalue weighted by Crippen LogP contribution is 2.53. The van der Waals surface area contributed by atoms with Gasteiger partial charge in [-0.15, -0.1) is 0 Å². The Hall–Kier alpha value is -2.46. The smallest absolute Gasteiger partial charge is 0.251 e. The highest BCUT2D eigenvalue weighted by atomic mass is 35.5. The van der Waals surface area contributed by atoms with Crippen molar-refractivity contribution < 1.29 is 9.18 Å². The van der Waals surface area contributed by atoms with Crippen LogP contribution in [0.25, 0.3) is 10.9 Å². The number of hydrogen-bond acceptors (Lipinski definition) is 2. The first kappa shape index (κ1) is 20.4. The fourth-order valence-electron chi connectivity index (χ4n) is 5.83. The fraction of sp³-hybridized carbons (Fsp3) is 0.385. The monoisotopic (exact) mass is 436 g/mol. The van der Waals surface area contributed by atoms with E-state index in [0.717, 1.165) is 36.6 Å². The molecule has 1 N–H and O–H groups in total. The Morgan fingerprint density at radius 1 is 1.06 bits per heavy atom. The molecule has 2 saturated carbocycles. The summed E-state index contributed by atoms with van der Waals surface area (Å²) in [6, 6.07) is 14.1. The minimum atomic E-state index is -0.203. The molecule has 0 spiro atoms. The van der Waals surface area contributed by atoms with Gasteiger partial charge in [-0.2, -0.15) is 0 Å². The van der Waals surface area contributed by atoms with Gasteiger partial charge < -0.3 is 5.32 Å². The van der Waals surface area contributed by atoms with Crippen LogP contribution in [0, 0.1) is 23.6 Å². The van der Waals surface area contributed by atoms with Crippen molar-refractivity contribution in [3.05, 3.63) is 76.7 Å². The largest absolute Gasteiger partial charge is 0.349 e. The SMILES string of the molecule is CC(NC(=O)c1ccc(Cl)cc1)C1C[C@H]2CC(c3ccnc4ccc(F)cc34)C[C@H]2C1. The summed E-state index contributed by atoms with van der Waals surface area (Å²) < 4.78 is 13.9. The molecule has 3 unspecified atom stereocenters. The van der Waals surface area contributed by atoms with Gasteiger partial charge in [-0.1, -0.05) is 11.6 Å². The molecule has 1 aromatic heterocycles. The van der Waals surface area contributed by atoms with Crippen LogP contribution < -0.4 is 5.32 Å². The molecule has 3 aromatic rings. The number of benzene rings is 2. The number of rotatable bonds is 4. The predicted octanol–water partition coefficient (Wildman–Crippen LogP) is 6.37. The summed E-state index contributed by atoms with van der Waals surface area (Å²) in [6.07, 6.45) is 6.39. The van der Waals surface area contributed by atoms with Crippen molar-refractivity contribution in [2.24, 2.45) is 17.8 Å². The van der Waals surface area contributed by atoms with Crippen LogP contribution in [0.2, 0.25) is 5.02 Å². The van der Waals surface area contributed by atoms with Crippen LogP contribution >= 0.6 is 11.6 Å². The van der Waals surface area contributed by atoms with Gasteiger partial charge in [0.05, 0.1) is 5.52 Å². The molecule has 2 aliphatic carbocycles. The number of nitrogens with one attached hydrogen (secondary N) is 1. The maximum absolute atomic E-state index is 13.9. The molecule has 5 heteroatoms. The van der Waals surface area contributed by atoms with Crippen molar-refractivity contribution in [3.63, 3.8) is 0 Å². The Morgan fingerprint density at radius 3 is 2.48 bits per heavy atom. The second-order valence-corrected chi connectivity index (χ2v) is 9.69. The Kier molecular flexibility index (Phi) is 5.43. The molecule has 2 fully saturated rings. The molecule has 5 atom stereocenters. The summed E-state index contributed by atoms with van der Waals surface area (Å²) >= 11 is 5.92. The minimum Gasteiger partial charge on any atom is -0.349 e. The summed E-state index contributed by atoms with van der Waals surface area (Å²) in [5.41, 5.74) is 2.75. The molecule has 0 aliphatic heterocycles. The lowest BCUT2D eigenvalue weighted by atomic mass is 9.88. The number of halogens is 2. The average molecular weight is 437 g/mol. The van der Waals surface area contributed by atoms with Crippen molar-refractivity contribution in [2.75, 3.05) is 0 Å². The van der Waals surface area contributed by atoms with Crippen LogP contribution in [-0.2, 0) is 0 Å². The Bertz CT molecular complexity index is 1100. The van der Waals surface area contributed by atoms with Crippen molar-refractivity contribution in [2.45, 2.75) is 44.6 Å². The van der Waals surface area contributed by atoms with Crippen LogP contribution in [0.4, 0.5) is 4.39 Å². The average Bonchev–Trinajstić information content (AvgIpc) is 3.33. The van der Waals surface area contributed by atoms with Gasteiger partial charge in [-0.25, -0.2) is 4.39 Å². The molecule has 1 heterocycles. The van der Waals surface area contributed by atoms with E-state index >= 15 is 0 Å². The molecule has 0 bridgehead atoms. The lowest BCUT2D eigenvalue weighted by Crippen LogP contribution is -2.37. The van der Waals surface area contributed by atoms with Crippen LogP contribution in [0.5, 0.6) is 0 Å². The Labute approximate surface area is 187 Å². The van der Waals surface area contributed by atoms with Gasteiger partial charge in [0.1, 0.15) is 5.82 Å². The normalized spacial score (nSPS) is 26.0. The number of amides is 1. The van der Waals surface area contributed by atoms with Crippen molar-refractivity contribution >= 4 is 28.4 Å². The number of carbonyl (C=O) groups excluding carboxylic acids is 1.